The van der Waals surface area contributed by atoms with E-state index in [1.54, 1.807) is 18.7 Å². The number of sulfonamides is 1. The van der Waals surface area contributed by atoms with Crippen LogP contribution in [0.5, 0.6) is 0 Å². The third-order valence-electron chi connectivity index (χ3n) is 2.62. The van der Waals surface area contributed by atoms with Gasteiger partial charge >= 0.3 is 0 Å². The summed E-state index contributed by atoms with van der Waals surface area (Å²) < 4.78 is 32.0. The summed E-state index contributed by atoms with van der Waals surface area (Å²) in [7, 11) is -3.53. The van der Waals surface area contributed by atoms with Gasteiger partial charge in [-0.1, -0.05) is 0 Å². The van der Waals surface area contributed by atoms with Crippen molar-refractivity contribution in [2.24, 2.45) is 0 Å². The smallest absolute Gasteiger partial charge is 0.244 e. The number of aliphatic hydroxyl groups excluding tert-OH is 1. The van der Waals surface area contributed by atoms with Gasteiger partial charge in [0.15, 0.2) is 0 Å². The molecule has 5 nitrogen and oxygen atoms in total. The Kier molecular flexibility index (Phi) is 3.82. The van der Waals surface area contributed by atoms with Gasteiger partial charge in [-0.05, 0) is 19.1 Å². The van der Waals surface area contributed by atoms with Crippen LogP contribution in [-0.4, -0.2) is 31.1 Å². The highest BCUT2D eigenvalue weighted by molar-refractivity contribution is 7.99. The molecule has 0 spiro atoms. The summed E-state index contributed by atoms with van der Waals surface area (Å²) in [5, 5.41) is 8.91. The fourth-order valence-electron chi connectivity index (χ4n) is 1.78. The summed E-state index contributed by atoms with van der Waals surface area (Å²) in [6.07, 6.45) is 0.855. The average Bonchev–Trinajstić information content (AvgIpc) is 2.86. The van der Waals surface area contributed by atoms with E-state index < -0.39 is 10.0 Å². The quantitative estimate of drug-likeness (QED) is 0.853. The first-order valence-corrected chi connectivity index (χ1v) is 7.97. The summed E-state index contributed by atoms with van der Waals surface area (Å²) in [5.41, 5.74) is 0. The van der Waals surface area contributed by atoms with Crippen molar-refractivity contribution in [1.82, 2.24) is 4.72 Å². The maximum absolute atomic E-state index is 12.1. The zero-order valence-electron chi connectivity index (χ0n) is 9.47. The van der Waals surface area contributed by atoms with Crippen molar-refractivity contribution in [3.05, 3.63) is 17.6 Å². The van der Waals surface area contributed by atoms with Crippen LogP contribution in [0.1, 0.15) is 17.9 Å². The molecule has 0 amide bonds. The van der Waals surface area contributed by atoms with Gasteiger partial charge < -0.3 is 9.52 Å². The molecule has 1 aromatic rings. The van der Waals surface area contributed by atoms with Crippen LogP contribution in [0.15, 0.2) is 15.4 Å². The zero-order chi connectivity index (χ0) is 12.5. The summed E-state index contributed by atoms with van der Waals surface area (Å²) in [6, 6.07) is 1.37. The Balaban J connectivity index is 2.21. The minimum Gasteiger partial charge on any atom is -0.462 e. The van der Waals surface area contributed by atoms with E-state index in [4.69, 9.17) is 9.52 Å². The van der Waals surface area contributed by atoms with Gasteiger partial charge in [0, 0.05) is 17.9 Å². The van der Waals surface area contributed by atoms with Crippen LogP contribution in [0.25, 0.3) is 0 Å². The van der Waals surface area contributed by atoms with Gasteiger partial charge in [-0.25, -0.2) is 13.1 Å². The lowest BCUT2D eigenvalue weighted by Crippen LogP contribution is -2.34. The second-order valence-corrected chi connectivity index (χ2v) is 6.81. The molecule has 96 valence electrons. The molecule has 2 rings (SSSR count). The molecule has 1 aliphatic heterocycles. The molecule has 1 aliphatic rings. The number of nitrogens with one attached hydrogen (secondary N) is 1. The number of thioether (sulfide) groups is 1. The van der Waals surface area contributed by atoms with Gasteiger partial charge in [-0.2, -0.15) is 11.8 Å². The topological polar surface area (TPSA) is 79.5 Å². The Morgan fingerprint density at radius 1 is 1.65 bits per heavy atom. The van der Waals surface area contributed by atoms with E-state index in [0.29, 0.717) is 5.76 Å². The second-order valence-electron chi connectivity index (χ2n) is 3.97. The molecule has 2 heterocycles. The molecule has 1 unspecified atom stereocenters. The molecule has 1 atom stereocenters. The Bertz CT molecular complexity index is 488. The maximum Gasteiger partial charge on any atom is 0.244 e. The number of hydrogen-bond acceptors (Lipinski definition) is 5. The van der Waals surface area contributed by atoms with Gasteiger partial charge in [-0.3, -0.25) is 0 Å². The molecule has 1 saturated heterocycles. The number of rotatable bonds is 4. The van der Waals surface area contributed by atoms with Crippen LogP contribution >= 0.6 is 11.8 Å². The number of aliphatic hydroxyl groups is 1. The summed E-state index contributed by atoms with van der Waals surface area (Å²) in [4.78, 5) is 0.124. The highest BCUT2D eigenvalue weighted by Gasteiger charge is 2.26. The Labute approximate surface area is 105 Å². The van der Waals surface area contributed by atoms with Crippen molar-refractivity contribution in [3.8, 4) is 0 Å². The Morgan fingerprint density at radius 2 is 2.41 bits per heavy atom. The van der Waals surface area contributed by atoms with Gasteiger partial charge in [0.2, 0.25) is 10.0 Å². The third-order valence-corrected chi connectivity index (χ3v) is 5.41. The first-order chi connectivity index (χ1) is 8.03. The molecule has 0 bridgehead atoms. The summed E-state index contributed by atoms with van der Waals surface area (Å²) in [5.74, 6) is 2.37. The highest BCUT2D eigenvalue weighted by atomic mass is 32.2. The highest BCUT2D eigenvalue weighted by Crippen LogP contribution is 2.23. The number of aryl methyl sites for hydroxylation is 1. The molecule has 1 fully saturated rings. The van der Waals surface area contributed by atoms with Crippen LogP contribution in [0.2, 0.25) is 0 Å². The fraction of sp³-hybridized carbons (Fsp3) is 0.600. The predicted molar refractivity (Wildman–Crippen MR) is 65.4 cm³/mol. The molecule has 0 saturated carbocycles. The average molecular weight is 277 g/mol. The normalized spacial score (nSPS) is 20.9. The van der Waals surface area contributed by atoms with Crippen LogP contribution in [0.3, 0.4) is 0 Å². The van der Waals surface area contributed by atoms with Crippen LogP contribution in [-0.2, 0) is 16.6 Å². The molecule has 2 N–H and O–H groups in total. The van der Waals surface area contributed by atoms with Crippen molar-refractivity contribution in [2.75, 3.05) is 11.5 Å². The van der Waals surface area contributed by atoms with Gasteiger partial charge in [0.1, 0.15) is 23.0 Å². The lowest BCUT2D eigenvalue weighted by molar-refractivity contribution is 0.244. The molecule has 0 aliphatic carbocycles. The zero-order valence-corrected chi connectivity index (χ0v) is 11.1. The third kappa shape index (κ3) is 2.85. The minimum atomic E-state index is -3.53. The maximum atomic E-state index is 12.1. The van der Waals surface area contributed by atoms with Gasteiger partial charge in [0.25, 0.3) is 0 Å². The standard InChI is InChI=1S/C10H15NO4S2/c1-7-10(4-9(5-12)15-7)17(13,14)11-8-2-3-16-6-8/h4,8,11-12H,2-3,5-6H2,1H3. The van der Waals surface area contributed by atoms with E-state index in [9.17, 15) is 8.42 Å². The van der Waals surface area contributed by atoms with Crippen molar-refractivity contribution >= 4 is 21.8 Å². The number of hydrogen-bond donors (Lipinski definition) is 2. The molecule has 7 heteroatoms. The minimum absolute atomic E-state index is 0.00289. The summed E-state index contributed by atoms with van der Waals surface area (Å²) in [6.45, 7) is 1.28. The van der Waals surface area contributed by atoms with Crippen LogP contribution in [0.4, 0.5) is 0 Å². The molecular weight excluding hydrogens is 262 g/mol. The molecule has 17 heavy (non-hydrogen) atoms. The van der Waals surface area contributed by atoms with Crippen LogP contribution in [0, 0.1) is 6.92 Å². The second kappa shape index (κ2) is 5.01. The van der Waals surface area contributed by atoms with E-state index >= 15 is 0 Å². The Hall–Kier alpha value is -0.500. The fourth-order valence-corrected chi connectivity index (χ4v) is 4.51. The van der Waals surface area contributed by atoms with E-state index in [1.165, 1.54) is 6.07 Å². The molecule has 0 radical (unpaired) electrons. The van der Waals surface area contributed by atoms with E-state index in [0.717, 1.165) is 17.9 Å². The molecular formula is C10H15NO4S2. The monoisotopic (exact) mass is 277 g/mol. The number of furan rings is 1. The first kappa shape index (κ1) is 12.9. The molecule has 0 aromatic carbocycles. The predicted octanol–water partition coefficient (Wildman–Crippen LogP) is 0.864. The van der Waals surface area contributed by atoms with Crippen molar-refractivity contribution in [3.63, 3.8) is 0 Å². The van der Waals surface area contributed by atoms with Gasteiger partial charge in [-0.15, -0.1) is 0 Å². The van der Waals surface area contributed by atoms with Crippen molar-refractivity contribution in [1.29, 1.82) is 0 Å². The van der Waals surface area contributed by atoms with E-state index in [1.807, 2.05) is 0 Å². The van der Waals surface area contributed by atoms with E-state index in [2.05, 4.69) is 4.72 Å². The summed E-state index contributed by atoms with van der Waals surface area (Å²) >= 11 is 1.74. The molecule has 1 aromatic heterocycles. The van der Waals surface area contributed by atoms with Gasteiger partial charge in [0.05, 0.1) is 0 Å². The lowest BCUT2D eigenvalue weighted by atomic mass is 10.3. The van der Waals surface area contributed by atoms with E-state index in [-0.39, 0.29) is 23.3 Å². The van der Waals surface area contributed by atoms with Crippen molar-refractivity contribution in [2.45, 2.75) is 30.9 Å². The van der Waals surface area contributed by atoms with Crippen LogP contribution < -0.4 is 4.72 Å². The SMILES string of the molecule is Cc1oc(CO)cc1S(=O)(=O)NC1CCSC1. The lowest BCUT2D eigenvalue weighted by Gasteiger charge is -2.10. The first-order valence-electron chi connectivity index (χ1n) is 5.33. The van der Waals surface area contributed by atoms with Crippen molar-refractivity contribution < 1.29 is 17.9 Å². The Morgan fingerprint density at radius 3 is 2.94 bits per heavy atom. The largest absolute Gasteiger partial charge is 0.462 e.